The maximum absolute atomic E-state index is 9.47. The van der Waals surface area contributed by atoms with Crippen molar-refractivity contribution in [1.82, 2.24) is 9.80 Å². The topological polar surface area (TPSA) is 112 Å². The zero-order valence-electron chi connectivity index (χ0n) is 17.8. The monoisotopic (exact) mass is 394 g/mol. The Hall–Kier alpha value is -0.320. The first-order chi connectivity index (χ1) is 12.6. The molecular weight excluding hydrogens is 352 g/mol. The van der Waals surface area contributed by atoms with Gasteiger partial charge in [-0.15, -0.1) is 0 Å². The normalized spacial score (nSPS) is 22.1. The number of aliphatic hydroxyl groups is 4. The first-order valence-corrected chi connectivity index (χ1v) is 9.96. The van der Waals surface area contributed by atoms with Gasteiger partial charge in [0.2, 0.25) is 0 Å². The Morgan fingerprint density at radius 1 is 0.741 bits per heavy atom. The van der Waals surface area contributed by atoms with Crippen molar-refractivity contribution < 1.29 is 29.9 Å². The number of ether oxygens (including phenoxy) is 2. The van der Waals surface area contributed by atoms with E-state index >= 15 is 0 Å². The minimum absolute atomic E-state index is 0.448. The molecule has 0 aromatic carbocycles. The summed E-state index contributed by atoms with van der Waals surface area (Å²) in [6.45, 7) is 15.3. The van der Waals surface area contributed by atoms with Gasteiger partial charge in [0, 0.05) is 39.3 Å². The second kappa shape index (κ2) is 15.6. The number of epoxide rings is 2. The third-order valence-corrected chi connectivity index (χ3v) is 3.53. The molecule has 2 aliphatic heterocycles. The van der Waals surface area contributed by atoms with Gasteiger partial charge in [-0.05, 0) is 34.6 Å². The summed E-state index contributed by atoms with van der Waals surface area (Å²) < 4.78 is 9.21. The molecule has 2 aliphatic rings. The number of hydrogen-bond acceptors (Lipinski definition) is 8. The number of aliphatic hydroxyl groups excluding tert-OH is 4. The van der Waals surface area contributed by atoms with E-state index in [4.69, 9.17) is 4.74 Å². The van der Waals surface area contributed by atoms with E-state index in [1.165, 1.54) is 0 Å². The zero-order chi connectivity index (χ0) is 20.8. The van der Waals surface area contributed by atoms with Gasteiger partial charge in [-0.3, -0.25) is 9.80 Å². The van der Waals surface area contributed by atoms with Crippen molar-refractivity contribution >= 4 is 0 Å². The van der Waals surface area contributed by atoms with Crippen LogP contribution in [0.5, 0.6) is 0 Å². The highest BCUT2D eigenvalue weighted by atomic mass is 16.6. The average molecular weight is 395 g/mol. The second-order valence-corrected chi connectivity index (χ2v) is 7.67. The molecule has 0 amide bonds. The summed E-state index contributed by atoms with van der Waals surface area (Å²) in [4.78, 5) is 3.98. The van der Waals surface area contributed by atoms with Crippen LogP contribution in [0.4, 0.5) is 0 Å². The number of rotatable bonds is 11. The molecule has 5 unspecified atom stereocenters. The highest BCUT2D eigenvalue weighted by molar-refractivity contribution is 4.70. The van der Waals surface area contributed by atoms with Crippen LogP contribution in [0.3, 0.4) is 0 Å². The smallest absolute Gasteiger partial charge is 0.0781 e. The van der Waals surface area contributed by atoms with Crippen LogP contribution < -0.4 is 0 Å². The lowest BCUT2D eigenvalue weighted by Gasteiger charge is -2.30. The lowest BCUT2D eigenvalue weighted by atomic mass is 10.2. The predicted octanol–water partition coefficient (Wildman–Crippen LogP) is -0.465. The largest absolute Gasteiger partial charge is 0.392 e. The maximum Gasteiger partial charge on any atom is 0.0781 e. The van der Waals surface area contributed by atoms with Gasteiger partial charge in [0.25, 0.3) is 0 Å². The summed E-state index contributed by atoms with van der Waals surface area (Å²) in [7, 11) is 0. The molecular formula is C19H42N2O6. The molecule has 0 aromatic heterocycles. The lowest BCUT2D eigenvalue weighted by molar-refractivity contribution is 0.0542. The van der Waals surface area contributed by atoms with Crippen molar-refractivity contribution in [1.29, 1.82) is 0 Å². The molecule has 8 nitrogen and oxygen atoms in total. The second-order valence-electron chi connectivity index (χ2n) is 7.67. The van der Waals surface area contributed by atoms with Gasteiger partial charge in [-0.25, -0.2) is 0 Å². The van der Waals surface area contributed by atoms with Crippen LogP contribution in [0.15, 0.2) is 0 Å². The summed E-state index contributed by atoms with van der Waals surface area (Å²) >= 11 is 0. The summed E-state index contributed by atoms with van der Waals surface area (Å²) in [6.07, 6.45) is -1.21. The van der Waals surface area contributed by atoms with Crippen LogP contribution in [0.25, 0.3) is 0 Å². The molecule has 27 heavy (non-hydrogen) atoms. The summed E-state index contributed by atoms with van der Waals surface area (Å²) in [5, 5.41) is 37.9. The molecule has 2 heterocycles. The number of hydrogen-bond donors (Lipinski definition) is 4. The Morgan fingerprint density at radius 3 is 1.07 bits per heavy atom. The fourth-order valence-electron chi connectivity index (χ4n) is 2.39. The third-order valence-electron chi connectivity index (χ3n) is 3.53. The molecule has 8 heteroatoms. The zero-order valence-corrected chi connectivity index (χ0v) is 17.8. The molecule has 0 radical (unpaired) electrons. The summed E-state index contributed by atoms with van der Waals surface area (Å²) in [5.74, 6) is 0. The van der Waals surface area contributed by atoms with E-state index in [0.717, 1.165) is 19.8 Å². The molecule has 0 saturated carbocycles. The Labute approximate surface area is 164 Å². The molecule has 5 atom stereocenters. The Morgan fingerprint density at radius 2 is 0.963 bits per heavy atom. The minimum atomic E-state index is -0.448. The lowest BCUT2D eigenvalue weighted by Crippen LogP contribution is -2.44. The SMILES string of the molecule is C1CO1.CC(O)CN(CCN(CC(C)O)CC(C)O)CC(C)O.CC1CO1. The fourth-order valence-corrected chi connectivity index (χ4v) is 2.39. The highest BCUT2D eigenvalue weighted by Gasteiger charge is 2.15. The first-order valence-electron chi connectivity index (χ1n) is 9.96. The molecule has 0 aromatic rings. The van der Waals surface area contributed by atoms with Crippen molar-refractivity contribution in [2.75, 3.05) is 59.1 Å². The van der Waals surface area contributed by atoms with Gasteiger partial charge >= 0.3 is 0 Å². The molecule has 4 N–H and O–H groups in total. The van der Waals surface area contributed by atoms with Crippen LogP contribution in [0.1, 0.15) is 34.6 Å². The van der Waals surface area contributed by atoms with Crippen LogP contribution in [-0.4, -0.2) is 120 Å². The average Bonchev–Trinajstić information content (AvgIpc) is 3.37. The summed E-state index contributed by atoms with van der Waals surface area (Å²) in [6, 6.07) is 0. The van der Waals surface area contributed by atoms with Crippen molar-refractivity contribution in [2.24, 2.45) is 0 Å². The van der Waals surface area contributed by atoms with E-state index in [0.29, 0.717) is 45.4 Å². The molecule has 164 valence electrons. The van der Waals surface area contributed by atoms with Crippen molar-refractivity contribution in [3.8, 4) is 0 Å². The van der Waals surface area contributed by atoms with E-state index in [-0.39, 0.29) is 0 Å². The molecule has 2 fully saturated rings. The van der Waals surface area contributed by atoms with E-state index < -0.39 is 24.4 Å². The van der Waals surface area contributed by atoms with Crippen LogP contribution in [-0.2, 0) is 9.47 Å². The van der Waals surface area contributed by atoms with Crippen molar-refractivity contribution in [3.05, 3.63) is 0 Å². The Bertz CT molecular complexity index is 289. The Kier molecular flexibility index (Phi) is 15.4. The van der Waals surface area contributed by atoms with Gasteiger partial charge in [0.15, 0.2) is 0 Å². The molecule has 2 rings (SSSR count). The van der Waals surface area contributed by atoms with E-state index in [1.54, 1.807) is 27.7 Å². The summed E-state index contributed by atoms with van der Waals surface area (Å²) in [5.41, 5.74) is 0. The fraction of sp³-hybridized carbons (Fsp3) is 1.00. The quantitative estimate of drug-likeness (QED) is 0.348. The maximum atomic E-state index is 9.47. The molecule has 0 spiro atoms. The standard InChI is InChI=1S/C14H32N2O4.C3H6O.C2H4O/c1-11(17)7-15(8-12(2)18)5-6-16(9-13(3)19)10-14(4)20;1-3-2-4-3;1-2-3-1/h11-14,17-20H,5-10H2,1-4H3;3H,2H2,1H3;1-2H2. The number of nitrogens with zero attached hydrogens (tertiary/aromatic N) is 2. The first kappa shape index (κ1) is 26.7. The molecule has 2 saturated heterocycles. The predicted molar refractivity (Wildman–Crippen MR) is 106 cm³/mol. The molecule has 0 aliphatic carbocycles. The van der Waals surface area contributed by atoms with E-state index in [9.17, 15) is 20.4 Å². The van der Waals surface area contributed by atoms with Crippen LogP contribution >= 0.6 is 0 Å². The van der Waals surface area contributed by atoms with Gasteiger partial charge in [0.1, 0.15) is 0 Å². The van der Waals surface area contributed by atoms with Gasteiger partial charge in [-0.2, -0.15) is 0 Å². The highest BCUT2D eigenvalue weighted by Crippen LogP contribution is 2.04. The van der Waals surface area contributed by atoms with Gasteiger partial charge in [-0.1, -0.05) is 0 Å². The third kappa shape index (κ3) is 23.6. The van der Waals surface area contributed by atoms with Crippen molar-refractivity contribution in [3.63, 3.8) is 0 Å². The van der Waals surface area contributed by atoms with E-state index in [2.05, 4.69) is 11.7 Å². The van der Waals surface area contributed by atoms with Gasteiger partial charge in [0.05, 0.1) is 50.3 Å². The van der Waals surface area contributed by atoms with E-state index in [1.807, 2.05) is 9.80 Å². The minimum Gasteiger partial charge on any atom is -0.392 e. The van der Waals surface area contributed by atoms with Crippen LogP contribution in [0.2, 0.25) is 0 Å². The van der Waals surface area contributed by atoms with Crippen molar-refractivity contribution in [2.45, 2.75) is 65.1 Å². The van der Waals surface area contributed by atoms with Gasteiger partial charge < -0.3 is 29.9 Å². The molecule has 0 bridgehead atoms. The van der Waals surface area contributed by atoms with Crippen LogP contribution in [0, 0.1) is 0 Å². The Balaban J connectivity index is 0.000000783.